The number of rotatable bonds is 5. The van der Waals surface area contributed by atoms with Crippen LogP contribution in [0.5, 0.6) is 0 Å². The van der Waals surface area contributed by atoms with Gasteiger partial charge in [0.1, 0.15) is 5.65 Å². The molecule has 0 aliphatic rings. The predicted octanol–water partition coefficient (Wildman–Crippen LogP) is 3.47. The molecule has 0 bridgehead atoms. The van der Waals surface area contributed by atoms with Crippen LogP contribution in [0.3, 0.4) is 0 Å². The zero-order valence-corrected chi connectivity index (χ0v) is 14.8. The van der Waals surface area contributed by atoms with E-state index < -0.39 is 0 Å². The number of nitrogens with zero attached hydrogens (tertiary/aromatic N) is 3. The van der Waals surface area contributed by atoms with Crippen LogP contribution < -0.4 is 10.9 Å². The molecule has 6 nitrogen and oxygen atoms in total. The van der Waals surface area contributed by atoms with Crippen LogP contribution in [0, 0.1) is 0 Å². The average Bonchev–Trinajstić information content (AvgIpc) is 2.59. The van der Waals surface area contributed by atoms with Crippen LogP contribution in [-0.2, 0) is 7.05 Å². The van der Waals surface area contributed by atoms with E-state index in [0.29, 0.717) is 34.2 Å². The molecule has 2 N–H and O–H groups in total. The van der Waals surface area contributed by atoms with Crippen LogP contribution in [-0.4, -0.2) is 32.3 Å². The Bertz CT molecular complexity index is 971. The Kier molecular flexibility index (Phi) is 6.34. The van der Waals surface area contributed by atoms with Gasteiger partial charge < -0.3 is 10.4 Å². The highest BCUT2D eigenvalue weighted by Gasteiger charge is 2.13. The van der Waals surface area contributed by atoms with Crippen LogP contribution in [0.4, 0.5) is 5.95 Å². The van der Waals surface area contributed by atoms with Gasteiger partial charge in [-0.2, -0.15) is 4.98 Å². The third-order valence-electron chi connectivity index (χ3n) is 4.05. The highest BCUT2D eigenvalue weighted by Crippen LogP contribution is 2.27. The minimum absolute atomic E-state index is 0. The number of hydrogen-bond donors (Lipinski definition) is 2. The van der Waals surface area contributed by atoms with Gasteiger partial charge in [-0.05, 0) is 25.5 Å². The Morgan fingerprint density at radius 1 is 1.31 bits per heavy atom. The Morgan fingerprint density at radius 3 is 2.73 bits per heavy atom. The van der Waals surface area contributed by atoms with E-state index in [1.54, 1.807) is 25.4 Å². The number of halogens is 1. The van der Waals surface area contributed by atoms with Crippen molar-refractivity contribution < 1.29 is 5.11 Å². The molecule has 0 fully saturated rings. The van der Waals surface area contributed by atoms with Crippen molar-refractivity contribution in [2.45, 2.75) is 26.8 Å². The van der Waals surface area contributed by atoms with E-state index in [4.69, 9.17) is 16.7 Å². The van der Waals surface area contributed by atoms with Crippen LogP contribution >= 0.6 is 11.6 Å². The Labute approximate surface area is 157 Å². The molecule has 0 radical (unpaired) electrons. The third kappa shape index (κ3) is 3.86. The fraction of sp³-hybridized carbons (Fsp3) is 0.316. The summed E-state index contributed by atoms with van der Waals surface area (Å²) in [6.45, 7) is 2.02. The number of benzene rings is 1. The summed E-state index contributed by atoms with van der Waals surface area (Å²) in [5, 5.41) is 13.4. The SMILES string of the molecule is C.CC(CCO)Nc1ncc2cc(-c3ccccc3Cl)c(=O)n(C)c2n1. The lowest BCUT2D eigenvalue weighted by Crippen LogP contribution is -2.22. The van der Waals surface area contributed by atoms with E-state index in [1.807, 2.05) is 25.1 Å². The maximum Gasteiger partial charge on any atom is 0.259 e. The van der Waals surface area contributed by atoms with E-state index in [2.05, 4.69) is 15.3 Å². The summed E-state index contributed by atoms with van der Waals surface area (Å²) < 4.78 is 1.50. The number of aliphatic hydroxyl groups is 1. The summed E-state index contributed by atoms with van der Waals surface area (Å²) in [5.74, 6) is 0.425. The van der Waals surface area contributed by atoms with E-state index in [-0.39, 0.29) is 25.6 Å². The van der Waals surface area contributed by atoms with Crippen molar-refractivity contribution in [3.05, 3.63) is 51.9 Å². The van der Waals surface area contributed by atoms with Crippen molar-refractivity contribution in [3.8, 4) is 11.1 Å². The number of aliphatic hydroxyl groups excluding tert-OH is 1. The normalized spacial score (nSPS) is 11.8. The zero-order chi connectivity index (χ0) is 18.0. The summed E-state index contributed by atoms with van der Waals surface area (Å²) in [7, 11) is 1.68. The molecule has 0 amide bonds. The van der Waals surface area contributed by atoms with Gasteiger partial charge in [0.15, 0.2) is 0 Å². The number of fused-ring (bicyclic) bond motifs is 1. The second kappa shape index (κ2) is 8.29. The summed E-state index contributed by atoms with van der Waals surface area (Å²) in [4.78, 5) is 21.5. The van der Waals surface area contributed by atoms with Crippen molar-refractivity contribution in [2.24, 2.45) is 7.05 Å². The lowest BCUT2D eigenvalue weighted by atomic mass is 10.1. The molecule has 2 heterocycles. The second-order valence-corrected chi connectivity index (χ2v) is 6.34. The van der Waals surface area contributed by atoms with Gasteiger partial charge in [-0.25, -0.2) is 4.98 Å². The molecule has 2 aromatic heterocycles. The molecule has 0 saturated carbocycles. The second-order valence-electron chi connectivity index (χ2n) is 5.93. The first-order valence-electron chi connectivity index (χ1n) is 8.00. The topological polar surface area (TPSA) is 80.0 Å². The van der Waals surface area contributed by atoms with Crippen LogP contribution in [0.15, 0.2) is 41.3 Å². The molecule has 0 saturated heterocycles. The van der Waals surface area contributed by atoms with Gasteiger partial charge in [-0.1, -0.05) is 37.2 Å². The monoisotopic (exact) mass is 374 g/mol. The molecule has 3 aromatic rings. The Morgan fingerprint density at radius 2 is 2.04 bits per heavy atom. The molecule has 3 rings (SSSR count). The molecule has 0 spiro atoms. The first-order chi connectivity index (χ1) is 12.0. The number of anilines is 1. The van der Waals surface area contributed by atoms with E-state index in [0.717, 1.165) is 5.39 Å². The summed E-state index contributed by atoms with van der Waals surface area (Å²) in [6, 6.07) is 9.04. The van der Waals surface area contributed by atoms with Gasteiger partial charge in [0, 0.05) is 47.4 Å². The fourth-order valence-electron chi connectivity index (χ4n) is 2.68. The van der Waals surface area contributed by atoms with Gasteiger partial charge >= 0.3 is 0 Å². The molecule has 1 atom stereocenters. The number of nitrogens with one attached hydrogen (secondary N) is 1. The van der Waals surface area contributed by atoms with E-state index in [9.17, 15) is 4.79 Å². The Hall–Kier alpha value is -2.44. The molecule has 1 unspecified atom stereocenters. The molecular formula is C19H23ClN4O2. The van der Waals surface area contributed by atoms with E-state index >= 15 is 0 Å². The van der Waals surface area contributed by atoms with Gasteiger partial charge in [0.05, 0.1) is 0 Å². The van der Waals surface area contributed by atoms with Crippen LogP contribution in [0.2, 0.25) is 5.02 Å². The first kappa shape index (κ1) is 19.9. The maximum atomic E-state index is 12.8. The van der Waals surface area contributed by atoms with Crippen molar-refractivity contribution in [3.63, 3.8) is 0 Å². The highest BCUT2D eigenvalue weighted by molar-refractivity contribution is 6.33. The fourth-order valence-corrected chi connectivity index (χ4v) is 2.91. The Balaban J connectivity index is 0.00000243. The minimum atomic E-state index is -0.173. The molecule has 26 heavy (non-hydrogen) atoms. The minimum Gasteiger partial charge on any atom is -0.396 e. The van der Waals surface area contributed by atoms with Crippen LogP contribution in [0.1, 0.15) is 20.8 Å². The van der Waals surface area contributed by atoms with Gasteiger partial charge in [0.25, 0.3) is 5.56 Å². The molecule has 0 aliphatic heterocycles. The lowest BCUT2D eigenvalue weighted by Gasteiger charge is -2.14. The quantitative estimate of drug-likeness (QED) is 0.714. The van der Waals surface area contributed by atoms with Crippen molar-refractivity contribution in [1.29, 1.82) is 0 Å². The number of hydrogen-bond acceptors (Lipinski definition) is 5. The average molecular weight is 375 g/mol. The van der Waals surface area contributed by atoms with Gasteiger partial charge in [-0.3, -0.25) is 9.36 Å². The van der Waals surface area contributed by atoms with Gasteiger partial charge in [-0.15, -0.1) is 0 Å². The molecule has 1 aromatic carbocycles. The summed E-state index contributed by atoms with van der Waals surface area (Å²) in [5.41, 5.74) is 1.56. The predicted molar refractivity (Wildman–Crippen MR) is 107 cm³/mol. The van der Waals surface area contributed by atoms with Crippen molar-refractivity contribution >= 4 is 28.6 Å². The highest BCUT2D eigenvalue weighted by atomic mass is 35.5. The van der Waals surface area contributed by atoms with E-state index in [1.165, 1.54) is 4.57 Å². The number of aromatic nitrogens is 3. The smallest absolute Gasteiger partial charge is 0.259 e. The van der Waals surface area contributed by atoms with Crippen molar-refractivity contribution in [2.75, 3.05) is 11.9 Å². The number of aryl methyl sites for hydroxylation is 1. The molecule has 0 aliphatic carbocycles. The zero-order valence-electron chi connectivity index (χ0n) is 14.0. The molecule has 138 valence electrons. The van der Waals surface area contributed by atoms with Gasteiger partial charge in [0.2, 0.25) is 5.95 Å². The lowest BCUT2D eigenvalue weighted by molar-refractivity contribution is 0.282. The molecular weight excluding hydrogens is 352 g/mol. The standard InChI is InChI=1S/C18H19ClN4O2.CH4/c1-11(7-8-24)21-18-20-10-12-9-14(13-5-3-4-6-15(13)19)17(25)23(2)16(12)22-18;/h3-6,9-11,24H,7-8H2,1-2H3,(H,20,21,22);1H4. The number of pyridine rings is 1. The third-order valence-corrected chi connectivity index (χ3v) is 4.38. The van der Waals surface area contributed by atoms with Crippen LogP contribution in [0.25, 0.3) is 22.2 Å². The largest absolute Gasteiger partial charge is 0.396 e. The molecule has 7 heteroatoms. The first-order valence-corrected chi connectivity index (χ1v) is 8.38. The summed E-state index contributed by atoms with van der Waals surface area (Å²) >= 11 is 6.24. The summed E-state index contributed by atoms with van der Waals surface area (Å²) in [6.07, 6.45) is 2.27. The maximum absolute atomic E-state index is 12.8. The van der Waals surface area contributed by atoms with Crippen molar-refractivity contribution in [1.82, 2.24) is 14.5 Å².